The fourth-order valence-corrected chi connectivity index (χ4v) is 3.25. The van der Waals surface area contributed by atoms with Crippen molar-refractivity contribution in [2.45, 2.75) is 45.6 Å². The third kappa shape index (κ3) is 4.03. The Morgan fingerprint density at radius 1 is 1.32 bits per heavy atom. The predicted octanol–water partition coefficient (Wildman–Crippen LogP) is 2.21. The number of nitrogens with zero attached hydrogens (tertiary/aromatic N) is 3. The molecule has 0 bridgehead atoms. The van der Waals surface area contributed by atoms with Gasteiger partial charge in [0.1, 0.15) is 11.4 Å². The highest BCUT2D eigenvalue weighted by atomic mass is 16.6. The summed E-state index contributed by atoms with van der Waals surface area (Å²) in [7, 11) is 1.71. The fraction of sp³-hybridized carbons (Fsp3) is 0.611. The first kappa shape index (κ1) is 17.5. The van der Waals surface area contributed by atoms with Gasteiger partial charge < -0.3 is 14.6 Å². The molecule has 136 valence electrons. The number of H-pyrrole nitrogens is 1. The zero-order valence-electron chi connectivity index (χ0n) is 15.3. The molecule has 25 heavy (non-hydrogen) atoms. The average molecular weight is 346 g/mol. The summed E-state index contributed by atoms with van der Waals surface area (Å²) in [6, 6.07) is 3.83. The molecule has 1 aliphatic heterocycles. The lowest BCUT2D eigenvalue weighted by Gasteiger charge is -2.33. The zero-order chi connectivity index (χ0) is 18.2. The Bertz CT molecular complexity index is 823. The average Bonchev–Trinajstić information content (AvgIpc) is 2.81. The van der Waals surface area contributed by atoms with Crippen LogP contribution in [0.3, 0.4) is 0 Å². The maximum absolute atomic E-state index is 12.0. The van der Waals surface area contributed by atoms with Crippen LogP contribution in [0.25, 0.3) is 11.2 Å². The number of hydrogen-bond acceptors (Lipinski definition) is 5. The van der Waals surface area contributed by atoms with Crippen LogP contribution in [0.15, 0.2) is 16.9 Å². The van der Waals surface area contributed by atoms with Gasteiger partial charge in [-0.15, -0.1) is 0 Å². The van der Waals surface area contributed by atoms with Gasteiger partial charge in [-0.1, -0.05) is 0 Å². The van der Waals surface area contributed by atoms with Crippen molar-refractivity contribution in [1.82, 2.24) is 14.5 Å². The number of piperidine rings is 1. The van der Waals surface area contributed by atoms with E-state index in [1.165, 1.54) is 4.57 Å². The van der Waals surface area contributed by atoms with Crippen LogP contribution >= 0.6 is 0 Å². The van der Waals surface area contributed by atoms with Crippen LogP contribution in [0.2, 0.25) is 0 Å². The standard InChI is InChI=1S/C18H26N4O3/c1-18(2,3)25-15(23)11-12-7-9-22(10-8-12)14-6-5-13-16(20-14)21(4)17(24)19-13/h5-6,12H,7-11H2,1-4H3,(H,19,24). The molecule has 0 spiro atoms. The summed E-state index contributed by atoms with van der Waals surface area (Å²) in [5.41, 5.74) is 0.828. The molecular formula is C18H26N4O3. The Kier molecular flexibility index (Phi) is 4.58. The number of carbonyl (C=O) groups is 1. The first-order chi connectivity index (χ1) is 11.7. The first-order valence-electron chi connectivity index (χ1n) is 8.75. The van der Waals surface area contributed by atoms with Gasteiger partial charge in [0.05, 0.1) is 5.52 Å². The van der Waals surface area contributed by atoms with E-state index in [9.17, 15) is 9.59 Å². The molecule has 0 amide bonds. The van der Waals surface area contributed by atoms with Crippen molar-refractivity contribution >= 4 is 23.0 Å². The van der Waals surface area contributed by atoms with E-state index in [-0.39, 0.29) is 11.7 Å². The summed E-state index contributed by atoms with van der Waals surface area (Å²) in [5.74, 6) is 1.11. The molecule has 7 nitrogen and oxygen atoms in total. The summed E-state index contributed by atoms with van der Waals surface area (Å²) in [4.78, 5) is 33.3. The minimum Gasteiger partial charge on any atom is -0.460 e. The maximum Gasteiger partial charge on any atom is 0.327 e. The van der Waals surface area contributed by atoms with E-state index in [1.807, 2.05) is 32.9 Å². The Hall–Kier alpha value is -2.31. The van der Waals surface area contributed by atoms with E-state index in [0.29, 0.717) is 18.0 Å². The number of aromatic nitrogens is 3. The van der Waals surface area contributed by atoms with Gasteiger partial charge in [-0.25, -0.2) is 9.78 Å². The molecule has 0 radical (unpaired) electrons. The lowest BCUT2D eigenvalue weighted by molar-refractivity contribution is -0.156. The lowest BCUT2D eigenvalue weighted by atomic mass is 9.93. The third-order valence-corrected chi connectivity index (χ3v) is 4.54. The smallest absolute Gasteiger partial charge is 0.327 e. The van der Waals surface area contributed by atoms with Crippen LogP contribution in [0, 0.1) is 5.92 Å². The molecule has 1 saturated heterocycles. The number of imidazole rings is 1. The maximum atomic E-state index is 12.0. The minimum absolute atomic E-state index is 0.118. The van der Waals surface area contributed by atoms with Gasteiger partial charge in [0.25, 0.3) is 0 Å². The molecule has 7 heteroatoms. The molecule has 3 rings (SSSR count). The second kappa shape index (κ2) is 6.54. The van der Waals surface area contributed by atoms with Crippen LogP contribution in [0.5, 0.6) is 0 Å². The highest BCUT2D eigenvalue weighted by Crippen LogP contribution is 2.26. The molecular weight excluding hydrogens is 320 g/mol. The van der Waals surface area contributed by atoms with Crippen molar-refractivity contribution in [2.24, 2.45) is 13.0 Å². The van der Waals surface area contributed by atoms with Crippen LogP contribution in [0.1, 0.15) is 40.0 Å². The van der Waals surface area contributed by atoms with Crippen molar-refractivity contribution in [3.05, 3.63) is 22.6 Å². The fourth-order valence-electron chi connectivity index (χ4n) is 3.25. The van der Waals surface area contributed by atoms with Gasteiger partial charge in [0, 0.05) is 26.6 Å². The monoisotopic (exact) mass is 346 g/mol. The van der Waals surface area contributed by atoms with Gasteiger partial charge in [-0.05, 0) is 51.7 Å². The quantitative estimate of drug-likeness (QED) is 0.862. The van der Waals surface area contributed by atoms with Crippen LogP contribution in [0.4, 0.5) is 5.82 Å². The lowest BCUT2D eigenvalue weighted by Crippen LogP contribution is -2.35. The third-order valence-electron chi connectivity index (χ3n) is 4.54. The normalized spacial score (nSPS) is 16.4. The molecule has 2 aromatic heterocycles. The molecule has 2 aromatic rings. The number of hydrogen-bond donors (Lipinski definition) is 1. The van der Waals surface area contributed by atoms with Crippen molar-refractivity contribution in [2.75, 3.05) is 18.0 Å². The highest BCUT2D eigenvalue weighted by molar-refractivity contribution is 5.73. The van der Waals surface area contributed by atoms with Crippen LogP contribution in [-0.2, 0) is 16.6 Å². The number of rotatable bonds is 3. The molecule has 0 aliphatic carbocycles. The van der Waals surface area contributed by atoms with E-state index in [1.54, 1.807) is 7.05 Å². The number of esters is 1. The molecule has 1 aliphatic rings. The molecule has 3 heterocycles. The van der Waals surface area contributed by atoms with E-state index in [4.69, 9.17) is 4.74 Å². The van der Waals surface area contributed by atoms with E-state index in [0.717, 1.165) is 37.3 Å². The van der Waals surface area contributed by atoms with Crippen molar-refractivity contribution in [1.29, 1.82) is 0 Å². The van der Waals surface area contributed by atoms with Gasteiger partial charge >= 0.3 is 11.7 Å². The second-order valence-electron chi connectivity index (χ2n) is 7.75. The summed E-state index contributed by atoms with van der Waals surface area (Å²) >= 11 is 0. The van der Waals surface area contributed by atoms with Crippen molar-refractivity contribution in [3.63, 3.8) is 0 Å². The topological polar surface area (TPSA) is 80.2 Å². The Balaban J connectivity index is 1.61. The number of anilines is 1. The van der Waals surface area contributed by atoms with Crippen LogP contribution in [-0.4, -0.2) is 39.2 Å². The van der Waals surface area contributed by atoms with E-state index in [2.05, 4.69) is 14.9 Å². The van der Waals surface area contributed by atoms with E-state index < -0.39 is 5.60 Å². The molecule has 1 N–H and O–H groups in total. The Morgan fingerprint density at radius 2 is 2.00 bits per heavy atom. The zero-order valence-corrected chi connectivity index (χ0v) is 15.3. The summed E-state index contributed by atoms with van der Waals surface area (Å²) in [5, 5.41) is 0. The largest absolute Gasteiger partial charge is 0.460 e. The second-order valence-corrected chi connectivity index (χ2v) is 7.75. The SMILES string of the molecule is Cn1c(=O)[nH]c2ccc(N3CCC(CC(=O)OC(C)(C)C)CC3)nc21. The molecule has 0 saturated carbocycles. The van der Waals surface area contributed by atoms with Crippen molar-refractivity contribution < 1.29 is 9.53 Å². The Labute approximate surface area is 147 Å². The number of aromatic amines is 1. The molecule has 0 unspecified atom stereocenters. The molecule has 0 aromatic carbocycles. The highest BCUT2D eigenvalue weighted by Gasteiger charge is 2.25. The van der Waals surface area contributed by atoms with Gasteiger partial charge in [0.2, 0.25) is 0 Å². The van der Waals surface area contributed by atoms with Crippen LogP contribution < -0.4 is 10.6 Å². The first-order valence-corrected chi connectivity index (χ1v) is 8.75. The summed E-state index contributed by atoms with van der Waals surface area (Å²) in [6.07, 6.45) is 2.35. The Morgan fingerprint density at radius 3 is 2.64 bits per heavy atom. The number of fused-ring (bicyclic) bond motifs is 1. The number of carbonyl (C=O) groups excluding carboxylic acids is 1. The minimum atomic E-state index is -0.427. The van der Waals surface area contributed by atoms with E-state index >= 15 is 0 Å². The van der Waals surface area contributed by atoms with Gasteiger partial charge in [-0.3, -0.25) is 9.36 Å². The molecule has 0 atom stereocenters. The summed E-state index contributed by atoms with van der Waals surface area (Å²) < 4.78 is 6.94. The summed E-state index contributed by atoms with van der Waals surface area (Å²) in [6.45, 7) is 7.38. The number of nitrogens with one attached hydrogen (secondary N) is 1. The van der Waals surface area contributed by atoms with Gasteiger partial charge in [0.15, 0.2) is 5.65 Å². The molecule has 1 fully saturated rings. The number of aryl methyl sites for hydroxylation is 1. The predicted molar refractivity (Wildman–Crippen MR) is 96.7 cm³/mol. The van der Waals surface area contributed by atoms with Crippen molar-refractivity contribution in [3.8, 4) is 0 Å². The number of pyridine rings is 1. The van der Waals surface area contributed by atoms with Gasteiger partial charge in [-0.2, -0.15) is 0 Å². The number of ether oxygens (including phenoxy) is 1.